The van der Waals surface area contributed by atoms with Gasteiger partial charge in [0.2, 0.25) is 5.91 Å². The van der Waals surface area contributed by atoms with E-state index in [0.29, 0.717) is 17.1 Å². The first-order valence-corrected chi connectivity index (χ1v) is 8.68. The van der Waals surface area contributed by atoms with E-state index in [2.05, 4.69) is 5.32 Å². The maximum atomic E-state index is 12.9. The molecule has 1 N–H and O–H groups in total. The first kappa shape index (κ1) is 19.3. The lowest BCUT2D eigenvalue weighted by Gasteiger charge is -2.31. The van der Waals surface area contributed by atoms with Crippen molar-refractivity contribution in [3.63, 3.8) is 0 Å². The quantitative estimate of drug-likeness (QED) is 0.798. The number of benzene rings is 2. The van der Waals surface area contributed by atoms with Crippen molar-refractivity contribution in [3.8, 4) is 5.75 Å². The van der Waals surface area contributed by atoms with Crippen molar-refractivity contribution in [3.05, 3.63) is 54.3 Å². The summed E-state index contributed by atoms with van der Waals surface area (Å²) < 4.78 is 23.5. The Kier molecular flexibility index (Phi) is 5.58. The van der Waals surface area contributed by atoms with E-state index in [1.807, 2.05) is 0 Å². The SMILES string of the molecule is C[C@H](Oc1ccc(F)cc1)C(=O)O[C@@H](C)C(=O)N1CC(=O)Nc2ccccc21. The summed E-state index contributed by atoms with van der Waals surface area (Å²) >= 11 is 0. The largest absolute Gasteiger partial charge is 0.479 e. The van der Waals surface area contributed by atoms with Crippen LogP contribution in [0.2, 0.25) is 0 Å². The lowest BCUT2D eigenvalue weighted by Crippen LogP contribution is -2.47. The van der Waals surface area contributed by atoms with Gasteiger partial charge in [0.1, 0.15) is 18.1 Å². The minimum Gasteiger partial charge on any atom is -0.479 e. The predicted octanol–water partition coefficient (Wildman–Crippen LogP) is 2.51. The van der Waals surface area contributed by atoms with Crippen LogP contribution in [0.4, 0.5) is 15.8 Å². The Morgan fingerprint density at radius 2 is 1.75 bits per heavy atom. The number of para-hydroxylation sites is 2. The van der Waals surface area contributed by atoms with Crippen LogP contribution in [-0.4, -0.2) is 36.5 Å². The van der Waals surface area contributed by atoms with Gasteiger partial charge in [-0.2, -0.15) is 0 Å². The molecule has 2 amide bonds. The van der Waals surface area contributed by atoms with E-state index in [1.54, 1.807) is 24.3 Å². The summed E-state index contributed by atoms with van der Waals surface area (Å²) in [5.74, 6) is -1.73. The number of fused-ring (bicyclic) bond motifs is 1. The highest BCUT2D eigenvalue weighted by Gasteiger charge is 2.32. The molecule has 0 fully saturated rings. The molecular weight excluding hydrogens is 367 g/mol. The molecule has 0 saturated heterocycles. The van der Waals surface area contributed by atoms with E-state index >= 15 is 0 Å². The highest BCUT2D eigenvalue weighted by atomic mass is 19.1. The average molecular weight is 386 g/mol. The lowest BCUT2D eigenvalue weighted by molar-refractivity contribution is -0.160. The van der Waals surface area contributed by atoms with E-state index in [9.17, 15) is 18.8 Å². The third-order valence-corrected chi connectivity index (χ3v) is 4.14. The fraction of sp³-hybridized carbons (Fsp3) is 0.250. The number of esters is 1. The van der Waals surface area contributed by atoms with Crippen LogP contribution in [0, 0.1) is 5.82 Å². The minimum atomic E-state index is -1.12. The van der Waals surface area contributed by atoms with E-state index < -0.39 is 29.9 Å². The number of rotatable bonds is 5. The molecule has 0 unspecified atom stereocenters. The molecule has 2 aromatic carbocycles. The summed E-state index contributed by atoms with van der Waals surface area (Å²) in [7, 11) is 0. The second-order valence-corrected chi connectivity index (χ2v) is 6.28. The molecule has 146 valence electrons. The van der Waals surface area contributed by atoms with E-state index in [-0.39, 0.29) is 12.5 Å². The topological polar surface area (TPSA) is 84.9 Å². The zero-order valence-corrected chi connectivity index (χ0v) is 15.3. The second kappa shape index (κ2) is 8.08. The monoisotopic (exact) mass is 386 g/mol. The third kappa shape index (κ3) is 4.28. The minimum absolute atomic E-state index is 0.167. The van der Waals surface area contributed by atoms with Gasteiger partial charge in [0.25, 0.3) is 5.91 Å². The zero-order valence-electron chi connectivity index (χ0n) is 15.3. The zero-order chi connectivity index (χ0) is 20.3. The molecule has 2 aromatic rings. The molecule has 0 aromatic heterocycles. The van der Waals surface area contributed by atoms with E-state index in [0.717, 1.165) is 0 Å². The highest BCUT2D eigenvalue weighted by Crippen LogP contribution is 2.29. The summed E-state index contributed by atoms with van der Waals surface area (Å²) in [5, 5.41) is 2.69. The smallest absolute Gasteiger partial charge is 0.347 e. The van der Waals surface area contributed by atoms with Gasteiger partial charge in [-0.3, -0.25) is 14.5 Å². The van der Waals surface area contributed by atoms with Crippen LogP contribution >= 0.6 is 0 Å². The number of halogens is 1. The Balaban J connectivity index is 1.64. The molecule has 0 saturated carbocycles. The van der Waals surface area contributed by atoms with Crippen LogP contribution in [0.15, 0.2) is 48.5 Å². The molecule has 0 radical (unpaired) electrons. The van der Waals surface area contributed by atoms with E-state index in [1.165, 1.54) is 43.0 Å². The maximum Gasteiger partial charge on any atom is 0.347 e. The molecule has 28 heavy (non-hydrogen) atoms. The molecule has 1 aliphatic rings. The van der Waals surface area contributed by atoms with Crippen LogP contribution in [0.1, 0.15) is 13.8 Å². The number of ether oxygens (including phenoxy) is 2. The van der Waals surface area contributed by atoms with Gasteiger partial charge in [-0.05, 0) is 50.2 Å². The molecular formula is C20H19FN2O5. The van der Waals surface area contributed by atoms with Gasteiger partial charge in [0, 0.05) is 0 Å². The predicted molar refractivity (Wildman–Crippen MR) is 99.5 cm³/mol. The fourth-order valence-corrected chi connectivity index (χ4v) is 2.74. The molecule has 0 spiro atoms. The van der Waals surface area contributed by atoms with E-state index in [4.69, 9.17) is 9.47 Å². The van der Waals surface area contributed by atoms with Crippen LogP contribution < -0.4 is 15.0 Å². The Morgan fingerprint density at radius 3 is 2.46 bits per heavy atom. The van der Waals surface area contributed by atoms with Gasteiger partial charge in [-0.1, -0.05) is 12.1 Å². The Bertz CT molecular complexity index is 900. The van der Waals surface area contributed by atoms with Gasteiger partial charge in [-0.25, -0.2) is 9.18 Å². The number of anilines is 2. The van der Waals surface area contributed by atoms with Gasteiger partial charge >= 0.3 is 5.97 Å². The summed E-state index contributed by atoms with van der Waals surface area (Å²) in [5.41, 5.74) is 1.05. The molecule has 3 rings (SSSR count). The summed E-state index contributed by atoms with van der Waals surface area (Å²) in [6, 6.07) is 12.0. The van der Waals surface area contributed by atoms with Crippen LogP contribution in [0.5, 0.6) is 5.75 Å². The van der Waals surface area contributed by atoms with Gasteiger partial charge in [-0.15, -0.1) is 0 Å². The number of amides is 2. The Labute approximate surface area is 161 Å². The molecule has 7 nitrogen and oxygen atoms in total. The van der Waals surface area contributed by atoms with Crippen molar-refractivity contribution in [2.75, 3.05) is 16.8 Å². The van der Waals surface area contributed by atoms with Gasteiger partial charge < -0.3 is 14.8 Å². The summed E-state index contributed by atoms with van der Waals surface area (Å²) in [6.45, 7) is 2.73. The lowest BCUT2D eigenvalue weighted by atomic mass is 10.1. The van der Waals surface area contributed by atoms with Crippen LogP contribution in [0.25, 0.3) is 0 Å². The van der Waals surface area contributed by atoms with Crippen molar-refractivity contribution < 1.29 is 28.2 Å². The highest BCUT2D eigenvalue weighted by molar-refractivity contribution is 6.11. The Morgan fingerprint density at radius 1 is 1.07 bits per heavy atom. The fourth-order valence-electron chi connectivity index (χ4n) is 2.74. The van der Waals surface area contributed by atoms with Crippen molar-refractivity contribution in [1.29, 1.82) is 0 Å². The molecule has 2 atom stereocenters. The molecule has 8 heteroatoms. The number of carbonyl (C=O) groups excluding carboxylic acids is 3. The maximum absolute atomic E-state index is 12.9. The van der Waals surface area contributed by atoms with Crippen molar-refractivity contribution in [2.45, 2.75) is 26.1 Å². The van der Waals surface area contributed by atoms with Crippen molar-refractivity contribution >= 4 is 29.2 Å². The average Bonchev–Trinajstić information content (AvgIpc) is 2.68. The Hall–Kier alpha value is -3.42. The van der Waals surface area contributed by atoms with Gasteiger partial charge in [0.05, 0.1) is 11.4 Å². The summed E-state index contributed by atoms with van der Waals surface area (Å²) in [6.07, 6.45) is -2.12. The number of carbonyl (C=O) groups is 3. The normalized spacial score (nSPS) is 15.1. The first-order chi connectivity index (χ1) is 13.3. The molecule has 1 heterocycles. The number of nitrogens with zero attached hydrogens (tertiary/aromatic N) is 1. The van der Waals surface area contributed by atoms with Gasteiger partial charge in [0.15, 0.2) is 12.2 Å². The third-order valence-electron chi connectivity index (χ3n) is 4.14. The molecule has 0 bridgehead atoms. The first-order valence-electron chi connectivity index (χ1n) is 8.68. The standard InChI is InChI=1S/C20H19FN2O5/c1-12(28-20(26)13(2)27-15-9-7-14(21)8-10-15)19(25)23-11-18(24)22-16-5-3-4-6-17(16)23/h3-10,12-13H,11H2,1-2H3,(H,22,24)/t12-,13-/m0/s1. The van der Waals surface area contributed by atoms with Crippen molar-refractivity contribution in [2.24, 2.45) is 0 Å². The molecule has 1 aliphatic heterocycles. The molecule has 0 aliphatic carbocycles. The van der Waals surface area contributed by atoms with Crippen molar-refractivity contribution in [1.82, 2.24) is 0 Å². The number of nitrogens with one attached hydrogen (secondary N) is 1. The van der Waals surface area contributed by atoms with Crippen LogP contribution in [0.3, 0.4) is 0 Å². The second-order valence-electron chi connectivity index (χ2n) is 6.28. The number of hydrogen-bond donors (Lipinski definition) is 1. The summed E-state index contributed by atoms with van der Waals surface area (Å²) in [4.78, 5) is 38.1. The van der Waals surface area contributed by atoms with Crippen LogP contribution in [-0.2, 0) is 19.1 Å². The number of hydrogen-bond acceptors (Lipinski definition) is 5.